The molecule has 1 heterocycles. The number of hydrogen-bond acceptors (Lipinski definition) is 4. The molecule has 0 aromatic heterocycles. The molecular weight excluding hydrogens is 316 g/mol. The standard InChI is InChI=1S/C11H12O2.C10H12O2/c12-11-7-10(8-13-11)6-9-4-2-1-3-5-9;1-9(11)7-12-8-10-5-3-2-4-6-10/h1-5,10H,6-8H2;2-6H,7-8H2,1H3/t10-;/m1./s1. The van der Waals surface area contributed by atoms with Crippen LogP contribution in [0.2, 0.25) is 0 Å². The fourth-order valence-electron chi connectivity index (χ4n) is 2.53. The van der Waals surface area contributed by atoms with Gasteiger partial charge in [-0.1, -0.05) is 60.7 Å². The van der Waals surface area contributed by atoms with Gasteiger partial charge < -0.3 is 9.47 Å². The maximum absolute atomic E-state index is 10.8. The van der Waals surface area contributed by atoms with E-state index < -0.39 is 0 Å². The van der Waals surface area contributed by atoms with Gasteiger partial charge in [0.1, 0.15) is 6.61 Å². The van der Waals surface area contributed by atoms with Crippen LogP contribution in [-0.2, 0) is 32.1 Å². The summed E-state index contributed by atoms with van der Waals surface area (Å²) in [6.07, 6.45) is 1.53. The van der Waals surface area contributed by atoms with Gasteiger partial charge in [0.15, 0.2) is 5.78 Å². The fourth-order valence-corrected chi connectivity index (χ4v) is 2.53. The minimum absolute atomic E-state index is 0.0547. The Morgan fingerprint density at radius 1 is 1.04 bits per heavy atom. The van der Waals surface area contributed by atoms with E-state index in [-0.39, 0.29) is 18.4 Å². The number of rotatable bonds is 6. The summed E-state index contributed by atoms with van der Waals surface area (Å²) in [6.45, 7) is 2.83. The highest BCUT2D eigenvalue weighted by molar-refractivity contribution is 5.76. The van der Waals surface area contributed by atoms with E-state index in [2.05, 4.69) is 12.1 Å². The van der Waals surface area contributed by atoms with Crippen LogP contribution < -0.4 is 0 Å². The summed E-state index contributed by atoms with van der Waals surface area (Å²) in [4.78, 5) is 21.3. The second kappa shape index (κ2) is 10.4. The molecule has 2 aromatic rings. The Morgan fingerprint density at radius 3 is 2.16 bits per heavy atom. The van der Waals surface area contributed by atoms with Crippen molar-refractivity contribution in [1.82, 2.24) is 0 Å². The molecule has 0 amide bonds. The van der Waals surface area contributed by atoms with Gasteiger partial charge in [-0.25, -0.2) is 0 Å². The van der Waals surface area contributed by atoms with Gasteiger partial charge in [0.25, 0.3) is 0 Å². The van der Waals surface area contributed by atoms with E-state index >= 15 is 0 Å². The monoisotopic (exact) mass is 340 g/mol. The molecule has 0 radical (unpaired) electrons. The lowest BCUT2D eigenvalue weighted by Gasteiger charge is -2.04. The Kier molecular flexibility index (Phi) is 7.86. The van der Waals surface area contributed by atoms with Crippen LogP contribution in [-0.4, -0.2) is 25.0 Å². The van der Waals surface area contributed by atoms with Crippen molar-refractivity contribution >= 4 is 11.8 Å². The Balaban J connectivity index is 0.000000181. The van der Waals surface area contributed by atoms with Gasteiger partial charge >= 0.3 is 5.97 Å². The molecule has 0 aliphatic carbocycles. The lowest BCUT2D eigenvalue weighted by Crippen LogP contribution is -2.03. The molecule has 2 aromatic carbocycles. The molecule has 1 fully saturated rings. The first-order valence-electron chi connectivity index (χ1n) is 8.44. The molecule has 0 spiro atoms. The van der Waals surface area contributed by atoms with Gasteiger partial charge in [-0.15, -0.1) is 0 Å². The highest BCUT2D eigenvalue weighted by Crippen LogP contribution is 2.18. The molecule has 25 heavy (non-hydrogen) atoms. The van der Waals surface area contributed by atoms with Gasteiger partial charge in [0.2, 0.25) is 0 Å². The number of carbonyl (C=O) groups excluding carboxylic acids is 2. The first-order valence-corrected chi connectivity index (χ1v) is 8.44. The van der Waals surface area contributed by atoms with E-state index in [0.717, 1.165) is 12.0 Å². The van der Waals surface area contributed by atoms with Crippen LogP contribution in [0.4, 0.5) is 0 Å². The van der Waals surface area contributed by atoms with E-state index in [1.165, 1.54) is 12.5 Å². The summed E-state index contributed by atoms with van der Waals surface area (Å²) in [7, 11) is 0. The Labute approximate surface area is 148 Å². The van der Waals surface area contributed by atoms with Crippen LogP contribution in [0.25, 0.3) is 0 Å². The highest BCUT2D eigenvalue weighted by atomic mass is 16.5. The molecular formula is C21H24O4. The zero-order chi connectivity index (χ0) is 17.9. The quantitative estimate of drug-likeness (QED) is 0.754. The number of ether oxygens (including phenoxy) is 2. The molecule has 4 nitrogen and oxygen atoms in total. The van der Waals surface area contributed by atoms with Crippen LogP contribution in [0.15, 0.2) is 60.7 Å². The lowest BCUT2D eigenvalue weighted by atomic mass is 9.99. The number of ketones is 1. The number of Topliss-reactive ketones (excluding diaryl/α,β-unsaturated/α-hetero) is 1. The van der Waals surface area contributed by atoms with E-state index in [1.807, 2.05) is 48.5 Å². The van der Waals surface area contributed by atoms with Gasteiger partial charge in [0, 0.05) is 5.92 Å². The fraction of sp³-hybridized carbons (Fsp3) is 0.333. The van der Waals surface area contributed by atoms with Gasteiger partial charge in [-0.3, -0.25) is 9.59 Å². The third kappa shape index (κ3) is 7.77. The van der Waals surface area contributed by atoms with Gasteiger partial charge in [-0.2, -0.15) is 0 Å². The predicted molar refractivity (Wildman–Crippen MR) is 96.0 cm³/mol. The number of carbonyl (C=O) groups is 2. The third-order valence-electron chi connectivity index (χ3n) is 3.72. The van der Waals surface area contributed by atoms with Crippen LogP contribution in [0.1, 0.15) is 24.5 Å². The summed E-state index contributed by atoms with van der Waals surface area (Å²) in [5.74, 6) is 0.391. The molecule has 1 aliphatic heterocycles. The van der Waals surface area contributed by atoms with E-state index in [1.54, 1.807) is 0 Å². The smallest absolute Gasteiger partial charge is 0.306 e. The summed E-state index contributed by atoms with van der Waals surface area (Å²) in [5, 5.41) is 0. The molecule has 1 aliphatic rings. The Bertz CT molecular complexity index is 652. The number of cyclic esters (lactones) is 1. The second-order valence-corrected chi connectivity index (χ2v) is 6.12. The largest absolute Gasteiger partial charge is 0.465 e. The average Bonchev–Trinajstić information content (AvgIpc) is 3.02. The van der Waals surface area contributed by atoms with Gasteiger partial charge in [-0.05, 0) is 24.5 Å². The topological polar surface area (TPSA) is 52.6 Å². The van der Waals surface area contributed by atoms with Crippen molar-refractivity contribution in [2.75, 3.05) is 13.2 Å². The second-order valence-electron chi connectivity index (χ2n) is 6.12. The van der Waals surface area contributed by atoms with Crippen LogP contribution in [0.3, 0.4) is 0 Å². The summed E-state index contributed by atoms with van der Waals surface area (Å²) < 4.78 is 10.0. The van der Waals surface area contributed by atoms with E-state index in [4.69, 9.17) is 9.47 Å². The van der Waals surface area contributed by atoms with Crippen molar-refractivity contribution in [2.24, 2.45) is 5.92 Å². The highest BCUT2D eigenvalue weighted by Gasteiger charge is 2.23. The first-order chi connectivity index (χ1) is 12.1. The number of benzene rings is 2. The summed E-state index contributed by atoms with van der Waals surface area (Å²) >= 11 is 0. The summed E-state index contributed by atoms with van der Waals surface area (Å²) in [5.41, 5.74) is 2.38. The lowest BCUT2D eigenvalue weighted by molar-refractivity contribution is -0.138. The molecule has 1 saturated heterocycles. The molecule has 0 N–H and O–H groups in total. The molecule has 0 bridgehead atoms. The molecule has 0 saturated carbocycles. The first kappa shape index (κ1) is 18.9. The van der Waals surface area contributed by atoms with Crippen molar-refractivity contribution < 1.29 is 19.1 Å². The van der Waals surface area contributed by atoms with Crippen molar-refractivity contribution in [3.05, 3.63) is 71.8 Å². The summed E-state index contributed by atoms with van der Waals surface area (Å²) in [6, 6.07) is 20.0. The molecule has 132 valence electrons. The third-order valence-corrected chi connectivity index (χ3v) is 3.72. The molecule has 0 unspecified atom stereocenters. The minimum atomic E-state index is -0.0547. The predicted octanol–water partition coefficient (Wildman–Crippen LogP) is 3.58. The van der Waals surface area contributed by atoms with Crippen LogP contribution >= 0.6 is 0 Å². The molecule has 4 heteroatoms. The van der Waals surface area contributed by atoms with Crippen LogP contribution in [0.5, 0.6) is 0 Å². The SMILES string of the molecule is CC(=O)COCc1ccccc1.O=C1C[C@@H](Cc2ccccc2)CO1. The molecule has 1 atom stereocenters. The normalized spacial score (nSPS) is 15.9. The van der Waals surface area contributed by atoms with Crippen molar-refractivity contribution in [2.45, 2.75) is 26.4 Å². The van der Waals surface area contributed by atoms with Crippen molar-refractivity contribution in [3.63, 3.8) is 0 Å². The van der Waals surface area contributed by atoms with Crippen molar-refractivity contribution in [1.29, 1.82) is 0 Å². The minimum Gasteiger partial charge on any atom is -0.465 e. The zero-order valence-corrected chi connectivity index (χ0v) is 14.5. The van der Waals surface area contributed by atoms with E-state index in [0.29, 0.717) is 25.6 Å². The van der Waals surface area contributed by atoms with Crippen molar-refractivity contribution in [3.8, 4) is 0 Å². The number of hydrogen-bond donors (Lipinski definition) is 0. The Hall–Kier alpha value is -2.46. The van der Waals surface area contributed by atoms with Crippen LogP contribution in [0, 0.1) is 5.92 Å². The average molecular weight is 340 g/mol. The van der Waals surface area contributed by atoms with E-state index in [9.17, 15) is 9.59 Å². The van der Waals surface area contributed by atoms with Gasteiger partial charge in [0.05, 0.1) is 19.6 Å². The number of esters is 1. The maximum Gasteiger partial charge on any atom is 0.306 e. The zero-order valence-electron chi connectivity index (χ0n) is 14.5. The Morgan fingerprint density at radius 2 is 1.64 bits per heavy atom. The molecule has 3 rings (SSSR count). The maximum atomic E-state index is 10.8.